The highest BCUT2D eigenvalue weighted by Gasteiger charge is 2.16. The predicted molar refractivity (Wildman–Crippen MR) is 162 cm³/mol. The molecular weight excluding hydrogens is 606 g/mol. The Morgan fingerprint density at radius 2 is 1.60 bits per heavy atom. The minimum atomic E-state index is -0.568. The van der Waals surface area contributed by atoms with Gasteiger partial charge in [0.05, 0.1) is 32.0 Å². The lowest BCUT2D eigenvalue weighted by molar-refractivity contribution is -0.122. The van der Waals surface area contributed by atoms with Crippen molar-refractivity contribution in [3.05, 3.63) is 81.8 Å². The van der Waals surface area contributed by atoms with Crippen LogP contribution in [-0.2, 0) is 11.3 Å². The highest BCUT2D eigenvalue weighted by atomic mass is 79.9. The van der Waals surface area contributed by atoms with Crippen LogP contribution in [0.15, 0.2) is 65.1 Å². The molecule has 0 heterocycles. The van der Waals surface area contributed by atoms with Crippen molar-refractivity contribution in [3.8, 4) is 23.0 Å². The van der Waals surface area contributed by atoms with E-state index >= 15 is 0 Å². The van der Waals surface area contributed by atoms with Crippen LogP contribution in [0.2, 0.25) is 0 Å². The summed E-state index contributed by atoms with van der Waals surface area (Å²) in [7, 11) is 3.01. The van der Waals surface area contributed by atoms with Crippen molar-refractivity contribution < 1.29 is 33.3 Å². The van der Waals surface area contributed by atoms with Gasteiger partial charge in [-0.2, -0.15) is 0 Å². The predicted octanol–water partition coefficient (Wildman–Crippen LogP) is 5.20. The number of ether oxygens (including phenoxy) is 4. The van der Waals surface area contributed by atoms with Crippen LogP contribution in [0.1, 0.15) is 58.9 Å². The summed E-state index contributed by atoms with van der Waals surface area (Å²) in [6.45, 7) is 3.10. The molecule has 10 nitrogen and oxygen atoms in total. The minimum Gasteiger partial charge on any atom is -0.493 e. The van der Waals surface area contributed by atoms with E-state index in [1.165, 1.54) is 14.2 Å². The second-order valence-corrected chi connectivity index (χ2v) is 9.98. The maximum atomic E-state index is 12.8. The Labute approximate surface area is 254 Å². The smallest absolute Gasteiger partial charge is 0.343 e. The zero-order chi connectivity index (χ0) is 30.3. The highest BCUT2D eigenvalue weighted by molar-refractivity contribution is 9.10. The molecule has 2 amide bonds. The van der Waals surface area contributed by atoms with Gasteiger partial charge < -0.3 is 24.3 Å². The lowest BCUT2D eigenvalue weighted by atomic mass is 10.1. The number of benzene rings is 3. The maximum absolute atomic E-state index is 12.8. The molecule has 0 saturated carbocycles. The monoisotopic (exact) mass is 641 g/mol. The number of hydrogen-bond acceptors (Lipinski definition) is 8. The van der Waals surface area contributed by atoms with Gasteiger partial charge in [-0.3, -0.25) is 15.0 Å². The molecular formula is C31H36BrN3O7. The topological polar surface area (TPSA) is 124 Å². The average molecular weight is 643 g/mol. The van der Waals surface area contributed by atoms with Gasteiger partial charge in [0.1, 0.15) is 0 Å². The third-order valence-electron chi connectivity index (χ3n) is 6.13. The zero-order valence-corrected chi connectivity index (χ0v) is 25.5. The normalized spacial score (nSPS) is 10.5. The molecule has 0 saturated heterocycles. The SMILES string of the molecule is CCOc1cc(CNNC(=O)CCCCCNC(=O)c2ccccc2Br)ccc1OC(=O)c1ccc(OC)c(OC)c1. The van der Waals surface area contributed by atoms with E-state index in [1.54, 1.807) is 42.5 Å². The molecule has 0 radical (unpaired) electrons. The number of carbonyl (C=O) groups is 3. The quantitative estimate of drug-likeness (QED) is 0.0844. The number of methoxy groups -OCH3 is 2. The van der Waals surface area contributed by atoms with Gasteiger partial charge in [0.2, 0.25) is 5.91 Å². The van der Waals surface area contributed by atoms with Gasteiger partial charge >= 0.3 is 5.97 Å². The Morgan fingerprint density at radius 1 is 0.833 bits per heavy atom. The fourth-order valence-electron chi connectivity index (χ4n) is 3.97. The van der Waals surface area contributed by atoms with E-state index in [-0.39, 0.29) is 17.6 Å². The molecule has 224 valence electrons. The first-order valence-electron chi connectivity index (χ1n) is 13.6. The van der Waals surface area contributed by atoms with E-state index in [0.717, 1.165) is 22.9 Å². The first kappa shape index (κ1) is 32.4. The van der Waals surface area contributed by atoms with Gasteiger partial charge in [-0.25, -0.2) is 10.2 Å². The zero-order valence-electron chi connectivity index (χ0n) is 24.0. The molecule has 3 N–H and O–H groups in total. The van der Waals surface area contributed by atoms with E-state index in [4.69, 9.17) is 18.9 Å². The molecule has 3 aromatic carbocycles. The molecule has 3 rings (SSSR count). The third kappa shape index (κ3) is 9.78. The van der Waals surface area contributed by atoms with Crippen LogP contribution in [0.3, 0.4) is 0 Å². The Morgan fingerprint density at radius 3 is 2.33 bits per heavy atom. The molecule has 42 heavy (non-hydrogen) atoms. The number of nitrogens with one attached hydrogen (secondary N) is 3. The average Bonchev–Trinajstić information content (AvgIpc) is 2.99. The van der Waals surface area contributed by atoms with Gasteiger partial charge in [-0.15, -0.1) is 0 Å². The van der Waals surface area contributed by atoms with Crippen LogP contribution in [0.5, 0.6) is 23.0 Å². The maximum Gasteiger partial charge on any atom is 0.343 e. The summed E-state index contributed by atoms with van der Waals surface area (Å²) in [5.41, 5.74) is 7.34. The number of halogens is 1. The van der Waals surface area contributed by atoms with Crippen LogP contribution >= 0.6 is 15.9 Å². The summed E-state index contributed by atoms with van der Waals surface area (Å²) in [5.74, 6) is 0.786. The Bertz CT molecular complexity index is 1370. The molecule has 0 spiro atoms. The van der Waals surface area contributed by atoms with E-state index < -0.39 is 5.97 Å². The van der Waals surface area contributed by atoms with Crippen molar-refractivity contribution >= 4 is 33.7 Å². The number of hydrogen-bond donors (Lipinski definition) is 3. The molecule has 11 heteroatoms. The number of hydrazine groups is 1. The molecule has 0 aromatic heterocycles. The summed E-state index contributed by atoms with van der Waals surface area (Å²) in [4.78, 5) is 37.2. The van der Waals surface area contributed by atoms with Gasteiger partial charge in [0, 0.05) is 24.0 Å². The molecule has 0 aliphatic carbocycles. The first-order valence-corrected chi connectivity index (χ1v) is 14.4. The van der Waals surface area contributed by atoms with E-state index in [2.05, 4.69) is 32.1 Å². The number of carbonyl (C=O) groups excluding carboxylic acids is 3. The lowest BCUT2D eigenvalue weighted by Gasteiger charge is -2.14. The summed E-state index contributed by atoms with van der Waals surface area (Å²) in [5, 5.41) is 2.90. The summed E-state index contributed by atoms with van der Waals surface area (Å²) in [6.07, 6.45) is 2.65. The van der Waals surface area contributed by atoms with Gasteiger partial charge in [0.15, 0.2) is 23.0 Å². The van der Waals surface area contributed by atoms with Crippen LogP contribution in [0.4, 0.5) is 0 Å². The number of esters is 1. The lowest BCUT2D eigenvalue weighted by Crippen LogP contribution is -2.36. The van der Waals surface area contributed by atoms with Crippen molar-refractivity contribution in [3.63, 3.8) is 0 Å². The highest BCUT2D eigenvalue weighted by Crippen LogP contribution is 2.31. The fraction of sp³-hybridized carbons (Fsp3) is 0.323. The van der Waals surface area contributed by atoms with Crippen molar-refractivity contribution in [2.75, 3.05) is 27.4 Å². The number of amides is 2. The van der Waals surface area contributed by atoms with Crippen LogP contribution in [-0.4, -0.2) is 45.2 Å². The minimum absolute atomic E-state index is 0.124. The van der Waals surface area contributed by atoms with Crippen molar-refractivity contribution in [1.82, 2.24) is 16.2 Å². The number of unbranched alkanes of at least 4 members (excludes halogenated alkanes) is 2. The van der Waals surface area contributed by atoms with Crippen LogP contribution in [0.25, 0.3) is 0 Å². The van der Waals surface area contributed by atoms with Gasteiger partial charge in [0.25, 0.3) is 5.91 Å². The van der Waals surface area contributed by atoms with Crippen molar-refractivity contribution in [2.45, 2.75) is 39.2 Å². The van der Waals surface area contributed by atoms with Gasteiger partial charge in [-0.1, -0.05) is 24.6 Å². The molecule has 0 aliphatic rings. The largest absolute Gasteiger partial charge is 0.493 e. The Balaban J connectivity index is 1.40. The van der Waals surface area contributed by atoms with Crippen LogP contribution < -0.4 is 35.1 Å². The van der Waals surface area contributed by atoms with E-state index in [1.807, 2.05) is 25.1 Å². The van der Waals surface area contributed by atoms with E-state index in [0.29, 0.717) is 60.9 Å². The van der Waals surface area contributed by atoms with E-state index in [9.17, 15) is 14.4 Å². The van der Waals surface area contributed by atoms with Crippen molar-refractivity contribution in [1.29, 1.82) is 0 Å². The second kappa shape index (κ2) is 17.0. The fourth-order valence-corrected chi connectivity index (χ4v) is 4.44. The molecule has 0 aliphatic heterocycles. The van der Waals surface area contributed by atoms with Crippen LogP contribution in [0, 0.1) is 0 Å². The Kier molecular flexibility index (Phi) is 13.1. The Hall–Kier alpha value is -4.09. The van der Waals surface area contributed by atoms with Gasteiger partial charge in [-0.05, 0) is 83.7 Å². The summed E-state index contributed by atoms with van der Waals surface area (Å²) < 4.78 is 22.5. The van der Waals surface area contributed by atoms with Crippen molar-refractivity contribution in [2.24, 2.45) is 0 Å². The summed E-state index contributed by atoms with van der Waals surface area (Å²) in [6, 6.07) is 17.2. The molecule has 0 unspecified atom stereocenters. The second-order valence-electron chi connectivity index (χ2n) is 9.12. The molecule has 3 aromatic rings. The first-order chi connectivity index (χ1) is 20.4. The third-order valence-corrected chi connectivity index (χ3v) is 6.83. The standard InChI is InChI=1S/C31H36BrN3O7/c1-4-41-28-18-21(13-15-26(28)42-31(38)22-14-16-25(39-2)27(19-22)40-3)20-34-35-29(36)12-6-5-9-17-33-30(37)23-10-7-8-11-24(23)32/h7-8,10-11,13-16,18-19,34H,4-6,9,12,17,20H2,1-3H3,(H,33,37)(H,35,36). The molecule has 0 bridgehead atoms. The number of rotatable bonds is 16. The molecule has 0 atom stereocenters. The molecule has 0 fully saturated rings. The summed E-state index contributed by atoms with van der Waals surface area (Å²) >= 11 is 3.38.